The van der Waals surface area contributed by atoms with Crippen molar-refractivity contribution in [1.29, 1.82) is 0 Å². The number of rotatable bonds is 13. The van der Waals surface area contributed by atoms with E-state index in [0.717, 1.165) is 97.1 Å². The molecule has 3 fully saturated rings. The van der Waals surface area contributed by atoms with Crippen LogP contribution in [0.15, 0.2) is 79.0 Å². The number of imidazole rings is 1. The van der Waals surface area contributed by atoms with Gasteiger partial charge in [0.1, 0.15) is 29.2 Å². The highest BCUT2D eigenvalue weighted by Gasteiger charge is 2.40. The van der Waals surface area contributed by atoms with E-state index < -0.39 is 11.9 Å². The second-order valence-corrected chi connectivity index (χ2v) is 16.1. The number of hydrogen-bond acceptors (Lipinski definition) is 10. The summed E-state index contributed by atoms with van der Waals surface area (Å²) in [6.07, 6.45) is 8.51. The second-order valence-electron chi connectivity index (χ2n) is 16.1. The molecule has 4 aliphatic rings. The van der Waals surface area contributed by atoms with Crippen LogP contribution in [0.1, 0.15) is 85.3 Å². The summed E-state index contributed by atoms with van der Waals surface area (Å²) in [5.41, 5.74) is 5.61. The number of pyridine rings is 1. The summed E-state index contributed by atoms with van der Waals surface area (Å²) < 4.78 is 15.9. The molecule has 4 aliphatic heterocycles. The van der Waals surface area contributed by atoms with Gasteiger partial charge in [0.25, 0.3) is 5.91 Å². The number of unbranched alkanes of at least 4 members (excludes halogenated alkanes) is 3. The molecule has 7 heterocycles. The van der Waals surface area contributed by atoms with Gasteiger partial charge in [-0.2, -0.15) is 0 Å². The summed E-state index contributed by atoms with van der Waals surface area (Å²) in [7, 11) is 0. The maximum atomic E-state index is 14.1. The number of carbonyl (C=O) groups excluding carboxylic acids is 4. The molecule has 4 amide bonds. The lowest BCUT2D eigenvalue weighted by atomic mass is 10.0. The Bertz CT molecular complexity index is 2430. The van der Waals surface area contributed by atoms with Crippen LogP contribution in [0.25, 0.3) is 17.0 Å². The number of imide groups is 1. The minimum atomic E-state index is -0.634. The number of hydrogen-bond donors (Lipinski definition) is 2. The highest BCUT2D eigenvalue weighted by Crippen LogP contribution is 2.36. The van der Waals surface area contributed by atoms with Crippen LogP contribution in [0.4, 0.5) is 21.7 Å². The first-order chi connectivity index (χ1) is 29.3. The SMILES string of the molecule is O=C1CCC(N2Cc3c(NCCCCCCC(=O)N4CCN(c5cccc(-c6cnc7ccc(N8CCC[C@@H]8c8cccc(F)c8)nn67)n5)CC4)cccc3C2=O)C(=O)N1. The molecule has 5 aromatic rings. The van der Waals surface area contributed by atoms with Gasteiger partial charge >= 0.3 is 0 Å². The number of aromatic nitrogens is 4. The summed E-state index contributed by atoms with van der Waals surface area (Å²) >= 11 is 0. The second kappa shape index (κ2) is 17.1. The number of benzene rings is 2. The van der Waals surface area contributed by atoms with Crippen molar-refractivity contribution in [2.24, 2.45) is 0 Å². The molecular weight excluding hydrogens is 764 g/mol. The van der Waals surface area contributed by atoms with E-state index in [1.807, 2.05) is 57.9 Å². The van der Waals surface area contributed by atoms with Crippen LogP contribution in [0, 0.1) is 5.82 Å². The van der Waals surface area contributed by atoms with Gasteiger partial charge in [0, 0.05) is 75.5 Å². The van der Waals surface area contributed by atoms with Crippen LogP contribution in [0.2, 0.25) is 0 Å². The van der Waals surface area contributed by atoms with Crippen molar-refractivity contribution >= 4 is 46.6 Å². The molecule has 9 rings (SSSR count). The first-order valence-corrected chi connectivity index (χ1v) is 21.2. The first-order valence-electron chi connectivity index (χ1n) is 21.2. The molecule has 2 N–H and O–H groups in total. The van der Waals surface area contributed by atoms with Gasteiger partial charge in [0.2, 0.25) is 17.7 Å². The van der Waals surface area contributed by atoms with Crippen molar-refractivity contribution in [3.05, 3.63) is 102 Å². The summed E-state index contributed by atoms with van der Waals surface area (Å²) in [5.74, 6) is 0.736. The number of piperazine rings is 1. The van der Waals surface area contributed by atoms with Gasteiger partial charge in [0.05, 0.1) is 17.9 Å². The number of amides is 4. The number of nitrogens with zero attached hydrogens (tertiary/aromatic N) is 8. The molecule has 0 saturated carbocycles. The van der Waals surface area contributed by atoms with Crippen LogP contribution in [0.3, 0.4) is 0 Å². The fourth-order valence-corrected chi connectivity index (χ4v) is 9.11. The molecule has 1 unspecified atom stereocenters. The number of anilines is 3. The molecule has 0 aliphatic carbocycles. The minimum absolute atomic E-state index is 0.0555. The summed E-state index contributed by atoms with van der Waals surface area (Å²) in [6.45, 7) is 4.58. The molecule has 14 nitrogen and oxygen atoms in total. The normalized spacial score (nSPS) is 19.3. The molecule has 2 aromatic carbocycles. The number of nitrogens with one attached hydrogen (secondary N) is 2. The number of carbonyl (C=O) groups is 4. The lowest BCUT2D eigenvalue weighted by Crippen LogP contribution is -2.52. The minimum Gasteiger partial charge on any atom is -0.385 e. The van der Waals surface area contributed by atoms with Crippen LogP contribution in [-0.2, 0) is 20.9 Å². The van der Waals surface area contributed by atoms with Gasteiger partial charge in [0.15, 0.2) is 5.65 Å². The lowest BCUT2D eigenvalue weighted by Gasteiger charge is -2.35. The Hall–Kier alpha value is -6.38. The topological polar surface area (TPSA) is 148 Å². The van der Waals surface area contributed by atoms with Crippen molar-refractivity contribution < 1.29 is 23.6 Å². The van der Waals surface area contributed by atoms with Crippen molar-refractivity contribution in [2.45, 2.75) is 76.4 Å². The molecule has 0 bridgehead atoms. The van der Waals surface area contributed by atoms with Gasteiger partial charge in [-0.3, -0.25) is 24.5 Å². The van der Waals surface area contributed by atoms with Crippen molar-refractivity contribution in [3.8, 4) is 11.4 Å². The number of piperidine rings is 1. The molecule has 3 aromatic heterocycles. The first kappa shape index (κ1) is 39.1. The zero-order chi connectivity index (χ0) is 41.2. The van der Waals surface area contributed by atoms with Gasteiger partial charge < -0.3 is 24.9 Å². The third-order valence-electron chi connectivity index (χ3n) is 12.3. The average molecular weight is 813 g/mol. The van der Waals surface area contributed by atoms with Crippen molar-refractivity contribution in [2.75, 3.05) is 54.4 Å². The average Bonchev–Trinajstić information content (AvgIpc) is 4.01. The van der Waals surface area contributed by atoms with Crippen LogP contribution >= 0.6 is 0 Å². The highest BCUT2D eigenvalue weighted by molar-refractivity contribution is 6.06. The Balaban J connectivity index is 0.728. The Morgan fingerprint density at radius 2 is 1.67 bits per heavy atom. The maximum Gasteiger partial charge on any atom is 0.255 e. The van der Waals surface area contributed by atoms with Gasteiger partial charge in [-0.1, -0.05) is 37.1 Å². The maximum absolute atomic E-state index is 14.1. The van der Waals surface area contributed by atoms with E-state index in [1.54, 1.807) is 29.3 Å². The molecule has 3 saturated heterocycles. The van der Waals surface area contributed by atoms with Gasteiger partial charge in [-0.25, -0.2) is 18.9 Å². The zero-order valence-electron chi connectivity index (χ0n) is 33.6. The predicted molar refractivity (Wildman–Crippen MR) is 225 cm³/mol. The molecule has 0 radical (unpaired) electrons. The van der Waals surface area contributed by atoms with Crippen molar-refractivity contribution in [3.63, 3.8) is 0 Å². The van der Waals surface area contributed by atoms with E-state index in [2.05, 4.69) is 25.4 Å². The van der Waals surface area contributed by atoms with E-state index in [0.29, 0.717) is 51.1 Å². The summed E-state index contributed by atoms with van der Waals surface area (Å²) in [5, 5.41) is 10.8. The fraction of sp³-hybridized carbons (Fsp3) is 0.400. The quantitative estimate of drug-likeness (QED) is 0.111. The molecule has 15 heteroatoms. The van der Waals surface area contributed by atoms with Crippen LogP contribution < -0.4 is 20.4 Å². The summed E-state index contributed by atoms with van der Waals surface area (Å²) in [4.78, 5) is 68.0. The smallest absolute Gasteiger partial charge is 0.255 e. The Kier molecular flexibility index (Phi) is 11.1. The summed E-state index contributed by atoms with van der Waals surface area (Å²) in [6, 6.07) is 21.8. The van der Waals surface area contributed by atoms with E-state index in [9.17, 15) is 23.6 Å². The third-order valence-corrected chi connectivity index (χ3v) is 12.3. The van der Waals surface area contributed by atoms with E-state index in [4.69, 9.17) is 10.1 Å². The number of fused-ring (bicyclic) bond motifs is 2. The standard InChI is InChI=1S/C45H49FN10O4/c46-31-10-5-9-30(27-31)36-14-8-22-54(36)41-19-18-39-48-28-38(56(39)51-41)35-13-7-15-40(49-35)52-23-25-53(26-24-52)43(58)16-3-1-2-4-21-47-34-12-6-11-32-33(34)29-55(45(32)60)37-17-20-42(57)50-44(37)59/h5-7,9-13,15,18-19,27-28,36-37,47H,1-4,8,14,16-17,20-26,29H2,(H,50,57,59)/t36-,37?/m1/s1. The Labute approximate surface area is 347 Å². The van der Waals surface area contributed by atoms with Crippen LogP contribution in [-0.4, -0.2) is 98.3 Å². The van der Waals surface area contributed by atoms with E-state index >= 15 is 0 Å². The van der Waals surface area contributed by atoms with E-state index in [-0.39, 0.29) is 36.0 Å². The van der Waals surface area contributed by atoms with E-state index in [1.165, 1.54) is 6.07 Å². The highest BCUT2D eigenvalue weighted by atomic mass is 19.1. The molecular formula is C45H49FN10O4. The lowest BCUT2D eigenvalue weighted by molar-refractivity contribution is -0.137. The fourth-order valence-electron chi connectivity index (χ4n) is 9.11. The predicted octanol–water partition coefficient (Wildman–Crippen LogP) is 5.74. The number of halogens is 1. The monoisotopic (exact) mass is 812 g/mol. The molecule has 310 valence electrons. The van der Waals surface area contributed by atoms with Crippen molar-refractivity contribution in [1.82, 2.24) is 34.7 Å². The Morgan fingerprint density at radius 1 is 0.833 bits per heavy atom. The molecule has 60 heavy (non-hydrogen) atoms. The molecule has 2 atom stereocenters. The van der Waals surface area contributed by atoms with Crippen LogP contribution in [0.5, 0.6) is 0 Å². The zero-order valence-corrected chi connectivity index (χ0v) is 33.6. The Morgan fingerprint density at radius 3 is 2.52 bits per heavy atom. The molecule has 0 spiro atoms. The third kappa shape index (κ3) is 8.00. The van der Waals surface area contributed by atoms with Gasteiger partial charge in [-0.15, -0.1) is 5.10 Å². The van der Waals surface area contributed by atoms with Gasteiger partial charge in [-0.05, 0) is 86.2 Å². The largest absolute Gasteiger partial charge is 0.385 e.